The highest BCUT2D eigenvalue weighted by atomic mass is 16.5. The van der Waals surface area contributed by atoms with E-state index in [-0.39, 0.29) is 13.2 Å². The van der Waals surface area contributed by atoms with E-state index in [4.69, 9.17) is 19.7 Å². The van der Waals surface area contributed by atoms with E-state index in [2.05, 4.69) is 133 Å². The lowest BCUT2D eigenvalue weighted by Gasteiger charge is -2.34. The smallest absolute Gasteiger partial charge is 0.119 e. The molecule has 0 amide bonds. The quantitative estimate of drug-likeness (QED) is 0.0943. The fourth-order valence-corrected chi connectivity index (χ4v) is 7.73. The lowest BCUT2D eigenvalue weighted by Crippen LogP contribution is -2.28. The maximum Gasteiger partial charge on any atom is 0.119 e. The van der Waals surface area contributed by atoms with Gasteiger partial charge in [-0.2, -0.15) is 0 Å². The van der Waals surface area contributed by atoms with Crippen LogP contribution < -0.4 is 9.47 Å². The molecule has 4 heteroatoms. The molecule has 51 heavy (non-hydrogen) atoms. The maximum absolute atomic E-state index is 9.09. The Balaban J connectivity index is 1.29. The number of hydrogen-bond donors (Lipinski definition) is 2. The molecule has 1 aliphatic carbocycles. The molecule has 0 saturated carbocycles. The Kier molecular flexibility index (Phi) is 11.1. The van der Waals surface area contributed by atoms with Crippen molar-refractivity contribution in [1.82, 2.24) is 0 Å². The summed E-state index contributed by atoms with van der Waals surface area (Å²) in [4.78, 5) is 0. The summed E-state index contributed by atoms with van der Waals surface area (Å²) in [7, 11) is 0. The van der Waals surface area contributed by atoms with Gasteiger partial charge in [0.25, 0.3) is 0 Å². The second-order valence-corrected chi connectivity index (χ2v) is 13.6. The average molecular weight is 677 g/mol. The van der Waals surface area contributed by atoms with E-state index in [1.54, 1.807) is 0 Å². The van der Waals surface area contributed by atoms with Crippen LogP contribution in [-0.2, 0) is 5.41 Å². The van der Waals surface area contributed by atoms with Crippen molar-refractivity contribution in [3.63, 3.8) is 0 Å². The van der Waals surface area contributed by atoms with E-state index in [0.29, 0.717) is 13.2 Å². The van der Waals surface area contributed by atoms with Crippen LogP contribution in [0.25, 0.3) is 33.0 Å². The van der Waals surface area contributed by atoms with E-state index >= 15 is 0 Å². The summed E-state index contributed by atoms with van der Waals surface area (Å²) in [6.45, 7) is 1.84. The van der Waals surface area contributed by atoms with Gasteiger partial charge in [-0.05, 0) is 130 Å². The molecule has 6 aromatic carbocycles. The fraction of sp³-hybridized carbons (Fsp3) is 0.277. The number of fused-ring (bicyclic) bond motifs is 4. The van der Waals surface area contributed by atoms with Crippen LogP contribution >= 0.6 is 0 Å². The molecule has 0 saturated heterocycles. The SMILES string of the molecule is OCCCCCCOc1ccc(C2(c3ccc(OCCCCCCO)cc3)c3ccccc3-c3ccc(-c4ccc5ccccc5c4)cc32)cc1. The van der Waals surface area contributed by atoms with E-state index in [1.807, 2.05) is 0 Å². The molecule has 0 aliphatic heterocycles. The van der Waals surface area contributed by atoms with Gasteiger partial charge in [-0.1, -0.05) is 110 Å². The second-order valence-electron chi connectivity index (χ2n) is 13.6. The number of ether oxygens (including phenoxy) is 2. The van der Waals surface area contributed by atoms with Crippen LogP contribution in [-0.4, -0.2) is 36.6 Å². The highest BCUT2D eigenvalue weighted by molar-refractivity contribution is 5.91. The molecule has 7 rings (SSSR count). The summed E-state index contributed by atoms with van der Waals surface area (Å²) >= 11 is 0. The van der Waals surface area contributed by atoms with Crippen molar-refractivity contribution in [2.24, 2.45) is 0 Å². The van der Waals surface area contributed by atoms with E-state index in [1.165, 1.54) is 55.3 Å². The first kappa shape index (κ1) is 34.5. The Hall–Kier alpha value is -4.90. The molecular formula is C47H48O4. The van der Waals surface area contributed by atoms with E-state index < -0.39 is 5.41 Å². The number of aliphatic hydroxyl groups is 2. The molecular weight excluding hydrogens is 629 g/mol. The number of unbranched alkanes of at least 4 members (excludes halogenated alkanes) is 6. The molecule has 0 spiro atoms. The minimum absolute atomic E-state index is 0.252. The predicted octanol–water partition coefficient (Wildman–Crippen LogP) is 10.7. The first-order valence-electron chi connectivity index (χ1n) is 18.6. The third kappa shape index (κ3) is 7.30. The van der Waals surface area contributed by atoms with Crippen LogP contribution in [0.1, 0.15) is 73.6 Å². The van der Waals surface area contributed by atoms with Crippen molar-refractivity contribution in [2.75, 3.05) is 26.4 Å². The van der Waals surface area contributed by atoms with Crippen LogP contribution in [0.2, 0.25) is 0 Å². The largest absolute Gasteiger partial charge is 0.494 e. The van der Waals surface area contributed by atoms with Crippen molar-refractivity contribution in [2.45, 2.75) is 56.8 Å². The highest BCUT2D eigenvalue weighted by Gasteiger charge is 2.46. The molecule has 0 unspecified atom stereocenters. The number of benzene rings is 6. The molecule has 260 valence electrons. The first-order valence-corrected chi connectivity index (χ1v) is 18.6. The van der Waals surface area contributed by atoms with E-state index in [0.717, 1.165) is 62.9 Å². The molecule has 0 atom stereocenters. The topological polar surface area (TPSA) is 58.9 Å². The molecule has 0 bridgehead atoms. The molecule has 0 aromatic heterocycles. The number of rotatable bonds is 17. The fourth-order valence-electron chi connectivity index (χ4n) is 7.73. The number of hydrogen-bond acceptors (Lipinski definition) is 4. The van der Waals surface area contributed by atoms with Gasteiger partial charge in [-0.3, -0.25) is 0 Å². The van der Waals surface area contributed by atoms with Crippen LogP contribution in [0.4, 0.5) is 0 Å². The van der Waals surface area contributed by atoms with Crippen molar-refractivity contribution in [3.05, 3.63) is 156 Å². The first-order chi connectivity index (χ1) is 25.2. The van der Waals surface area contributed by atoms with Gasteiger partial charge in [0, 0.05) is 13.2 Å². The third-order valence-corrected chi connectivity index (χ3v) is 10.3. The van der Waals surface area contributed by atoms with Gasteiger partial charge in [-0.25, -0.2) is 0 Å². The van der Waals surface area contributed by atoms with Crippen LogP contribution in [0.15, 0.2) is 133 Å². The molecule has 0 fully saturated rings. The second kappa shape index (κ2) is 16.4. The summed E-state index contributed by atoms with van der Waals surface area (Å²) in [6.07, 6.45) is 7.80. The van der Waals surface area contributed by atoms with E-state index in [9.17, 15) is 0 Å². The molecule has 0 heterocycles. The molecule has 6 aromatic rings. The molecule has 2 N–H and O–H groups in total. The zero-order valence-corrected chi connectivity index (χ0v) is 29.4. The number of aliphatic hydroxyl groups excluding tert-OH is 2. The van der Waals surface area contributed by atoms with Gasteiger partial charge in [0.1, 0.15) is 11.5 Å². The summed E-state index contributed by atoms with van der Waals surface area (Å²) in [5.41, 5.74) is 9.27. The van der Waals surface area contributed by atoms with Crippen molar-refractivity contribution in [1.29, 1.82) is 0 Å². The Morgan fingerprint density at radius 1 is 0.412 bits per heavy atom. The Morgan fingerprint density at radius 2 is 0.922 bits per heavy atom. The third-order valence-electron chi connectivity index (χ3n) is 10.3. The Bertz CT molecular complexity index is 1970. The van der Waals surface area contributed by atoms with Gasteiger partial charge in [0.15, 0.2) is 0 Å². The van der Waals surface area contributed by atoms with Crippen molar-refractivity contribution < 1.29 is 19.7 Å². The average Bonchev–Trinajstić information content (AvgIpc) is 3.48. The van der Waals surface area contributed by atoms with Gasteiger partial charge < -0.3 is 19.7 Å². The molecule has 4 nitrogen and oxygen atoms in total. The lowest BCUT2D eigenvalue weighted by atomic mass is 9.67. The van der Waals surface area contributed by atoms with Gasteiger partial charge >= 0.3 is 0 Å². The molecule has 1 aliphatic rings. The van der Waals surface area contributed by atoms with Crippen molar-refractivity contribution in [3.8, 4) is 33.8 Å². The summed E-state index contributed by atoms with van der Waals surface area (Å²) < 4.78 is 12.4. The minimum Gasteiger partial charge on any atom is -0.494 e. The summed E-state index contributed by atoms with van der Waals surface area (Å²) in [5, 5.41) is 20.7. The van der Waals surface area contributed by atoms with Crippen molar-refractivity contribution >= 4 is 10.8 Å². The summed E-state index contributed by atoms with van der Waals surface area (Å²) in [6, 6.07) is 48.6. The summed E-state index contributed by atoms with van der Waals surface area (Å²) in [5.74, 6) is 1.74. The van der Waals surface area contributed by atoms with Crippen LogP contribution in [0.3, 0.4) is 0 Å². The van der Waals surface area contributed by atoms with Crippen LogP contribution in [0, 0.1) is 0 Å². The lowest BCUT2D eigenvalue weighted by molar-refractivity contribution is 0.273. The Morgan fingerprint density at radius 3 is 1.55 bits per heavy atom. The monoisotopic (exact) mass is 676 g/mol. The molecule has 0 radical (unpaired) electrons. The zero-order valence-electron chi connectivity index (χ0n) is 29.4. The van der Waals surface area contributed by atoms with Gasteiger partial charge in [-0.15, -0.1) is 0 Å². The predicted molar refractivity (Wildman–Crippen MR) is 209 cm³/mol. The Labute approximate surface area is 302 Å². The minimum atomic E-state index is -0.551. The highest BCUT2D eigenvalue weighted by Crippen LogP contribution is 2.57. The zero-order chi connectivity index (χ0) is 34.9. The van der Waals surface area contributed by atoms with Gasteiger partial charge in [0.05, 0.1) is 18.6 Å². The normalized spacial score (nSPS) is 12.8. The maximum atomic E-state index is 9.09. The standard InChI is InChI=1S/C47H48O4/c48-29-9-1-3-11-31-50-41-24-20-39(21-25-41)47(40-22-26-42(27-23-40)51-32-12-4-2-10-30-49)45-16-8-7-15-43(45)44-28-19-38(34-46(44)47)37-18-17-35-13-5-6-14-36(35)33-37/h5-8,13-28,33-34,48-49H,1-4,9-12,29-32H2. The van der Waals surface area contributed by atoms with Gasteiger partial charge in [0.2, 0.25) is 0 Å². The van der Waals surface area contributed by atoms with Crippen LogP contribution in [0.5, 0.6) is 11.5 Å².